The van der Waals surface area contributed by atoms with E-state index in [9.17, 15) is 20.2 Å². The Hall–Kier alpha value is -4.82. The van der Waals surface area contributed by atoms with Crippen molar-refractivity contribution in [2.45, 2.75) is 13.3 Å². The summed E-state index contributed by atoms with van der Waals surface area (Å²) >= 11 is 1.21. The summed E-state index contributed by atoms with van der Waals surface area (Å²) in [5.74, 6) is 0.0851. The summed E-state index contributed by atoms with van der Waals surface area (Å²) < 4.78 is 11.0. The Balaban J connectivity index is 1.49. The minimum absolute atomic E-state index is 0.182. The number of ether oxygens (including phenoxy) is 1. The zero-order valence-corrected chi connectivity index (χ0v) is 19.8. The average molecular weight is 502 g/mol. The van der Waals surface area contributed by atoms with Gasteiger partial charge in [-0.25, -0.2) is 0 Å². The van der Waals surface area contributed by atoms with E-state index in [2.05, 4.69) is 15.5 Å². The molecule has 4 rings (SSSR count). The van der Waals surface area contributed by atoms with Crippen molar-refractivity contribution in [2.24, 2.45) is 0 Å². The van der Waals surface area contributed by atoms with Gasteiger partial charge in [-0.05, 0) is 36.8 Å². The van der Waals surface area contributed by atoms with E-state index in [1.807, 2.05) is 36.4 Å². The number of nitro benzene ring substituents is 1. The van der Waals surface area contributed by atoms with E-state index in [1.54, 1.807) is 13.0 Å². The fourth-order valence-electron chi connectivity index (χ4n) is 3.30. The van der Waals surface area contributed by atoms with Crippen LogP contribution in [0.25, 0.3) is 17.4 Å². The number of carbonyl (C=O) groups is 1. The molecule has 4 aromatic rings. The van der Waals surface area contributed by atoms with Gasteiger partial charge in [0.15, 0.2) is 0 Å². The van der Waals surface area contributed by atoms with Crippen LogP contribution in [0.4, 0.5) is 10.8 Å². The van der Waals surface area contributed by atoms with Gasteiger partial charge in [0, 0.05) is 12.5 Å². The molecule has 10 nitrogen and oxygen atoms in total. The number of rotatable bonds is 9. The van der Waals surface area contributed by atoms with Crippen molar-refractivity contribution in [1.29, 1.82) is 5.26 Å². The van der Waals surface area contributed by atoms with Crippen LogP contribution >= 0.6 is 11.3 Å². The van der Waals surface area contributed by atoms with Gasteiger partial charge < -0.3 is 9.15 Å². The average Bonchev–Trinajstić information content (AvgIpc) is 3.52. The highest BCUT2D eigenvalue weighted by molar-refractivity contribution is 7.15. The molecule has 2 aromatic heterocycles. The van der Waals surface area contributed by atoms with E-state index in [1.165, 1.54) is 41.7 Å². The normalized spacial score (nSPS) is 11.1. The molecule has 180 valence electrons. The van der Waals surface area contributed by atoms with Crippen molar-refractivity contribution in [1.82, 2.24) is 10.2 Å². The molecule has 36 heavy (non-hydrogen) atoms. The molecule has 0 spiro atoms. The number of anilines is 1. The Kier molecular flexibility index (Phi) is 7.48. The summed E-state index contributed by atoms with van der Waals surface area (Å²) in [5.41, 5.74) is 0.889. The molecule has 0 bridgehead atoms. The summed E-state index contributed by atoms with van der Waals surface area (Å²) in [6.45, 7) is 2.15. The molecule has 0 unspecified atom stereocenters. The summed E-state index contributed by atoms with van der Waals surface area (Å²) in [5, 5.41) is 32.6. The number of nitrogens with zero attached hydrogens (tertiary/aromatic N) is 4. The molecule has 2 heterocycles. The molecule has 1 N–H and O–H groups in total. The van der Waals surface area contributed by atoms with Crippen molar-refractivity contribution < 1.29 is 18.9 Å². The van der Waals surface area contributed by atoms with Crippen LogP contribution in [-0.4, -0.2) is 27.6 Å². The third-order valence-electron chi connectivity index (χ3n) is 4.91. The third kappa shape index (κ3) is 5.81. The van der Waals surface area contributed by atoms with E-state index in [-0.39, 0.29) is 33.5 Å². The summed E-state index contributed by atoms with van der Waals surface area (Å²) in [6.07, 6.45) is 1.83. The zero-order valence-electron chi connectivity index (χ0n) is 19.0. The largest absolute Gasteiger partial charge is 0.494 e. The molecular formula is C25H19N5O5S. The van der Waals surface area contributed by atoms with Crippen LogP contribution in [0.15, 0.2) is 70.7 Å². The highest BCUT2D eigenvalue weighted by Crippen LogP contribution is 2.34. The maximum Gasteiger partial charge on any atom is 0.284 e. The molecule has 0 aliphatic rings. The lowest BCUT2D eigenvalue weighted by molar-refractivity contribution is -0.384. The van der Waals surface area contributed by atoms with Gasteiger partial charge in [0.2, 0.25) is 5.13 Å². The first-order valence-electron chi connectivity index (χ1n) is 10.8. The standard InChI is InChI=1S/C25H19N5O5S/c1-2-34-18-8-10-20(21(14-18)30(32)33)22-11-9-19(35-22)13-17(15-26)24(31)27-25-29-28-23(36-25)12-16-6-4-3-5-7-16/h3-11,13-14H,2,12H2,1H3,(H,27,29,31)/b17-13-. The van der Waals surface area contributed by atoms with Gasteiger partial charge in [0.1, 0.15) is 33.9 Å². The maximum atomic E-state index is 12.6. The highest BCUT2D eigenvalue weighted by atomic mass is 32.1. The van der Waals surface area contributed by atoms with Gasteiger partial charge in [0.05, 0.1) is 23.2 Å². The van der Waals surface area contributed by atoms with Crippen LogP contribution in [0.2, 0.25) is 0 Å². The quantitative estimate of drug-likeness (QED) is 0.142. The van der Waals surface area contributed by atoms with Crippen LogP contribution in [0.5, 0.6) is 5.75 Å². The minimum atomic E-state index is -0.676. The number of benzene rings is 2. The molecular weight excluding hydrogens is 482 g/mol. The summed E-state index contributed by atoms with van der Waals surface area (Å²) in [6, 6.07) is 19.0. The summed E-state index contributed by atoms with van der Waals surface area (Å²) in [4.78, 5) is 23.6. The first kappa shape index (κ1) is 24.3. The van der Waals surface area contributed by atoms with Crippen molar-refractivity contribution in [3.05, 3.63) is 92.7 Å². The Bertz CT molecular complexity index is 1470. The second kappa shape index (κ2) is 11.1. The Morgan fingerprint density at radius 3 is 2.75 bits per heavy atom. The van der Waals surface area contributed by atoms with E-state index in [0.717, 1.165) is 5.56 Å². The molecule has 0 aliphatic carbocycles. The Morgan fingerprint density at radius 2 is 2.03 bits per heavy atom. The van der Waals surface area contributed by atoms with E-state index >= 15 is 0 Å². The van der Waals surface area contributed by atoms with Gasteiger partial charge >= 0.3 is 0 Å². The number of carbonyl (C=O) groups excluding carboxylic acids is 1. The number of hydrogen-bond acceptors (Lipinski definition) is 9. The molecule has 2 aromatic carbocycles. The second-order valence-electron chi connectivity index (χ2n) is 7.36. The predicted octanol–water partition coefficient (Wildman–Crippen LogP) is 5.24. The van der Waals surface area contributed by atoms with Gasteiger partial charge in [-0.2, -0.15) is 5.26 Å². The van der Waals surface area contributed by atoms with Crippen LogP contribution in [0.3, 0.4) is 0 Å². The molecule has 0 atom stereocenters. The molecule has 0 aliphatic heterocycles. The zero-order chi connectivity index (χ0) is 25.5. The smallest absolute Gasteiger partial charge is 0.284 e. The SMILES string of the molecule is CCOc1ccc(-c2ccc(/C=C(/C#N)C(=O)Nc3nnc(Cc4ccccc4)s3)o2)c([N+](=O)[O-])c1. The predicted molar refractivity (Wildman–Crippen MR) is 133 cm³/mol. The van der Waals surface area contributed by atoms with Crippen LogP contribution < -0.4 is 10.1 Å². The van der Waals surface area contributed by atoms with Crippen molar-refractivity contribution in [2.75, 3.05) is 11.9 Å². The van der Waals surface area contributed by atoms with Crippen LogP contribution in [0, 0.1) is 21.4 Å². The van der Waals surface area contributed by atoms with Crippen LogP contribution in [0.1, 0.15) is 23.3 Å². The highest BCUT2D eigenvalue weighted by Gasteiger charge is 2.20. The lowest BCUT2D eigenvalue weighted by Gasteiger charge is -2.05. The first-order valence-corrected chi connectivity index (χ1v) is 11.6. The molecule has 0 saturated heterocycles. The number of furan rings is 1. The molecule has 0 saturated carbocycles. The van der Waals surface area contributed by atoms with E-state index < -0.39 is 10.8 Å². The van der Waals surface area contributed by atoms with E-state index in [0.29, 0.717) is 23.8 Å². The number of nitrogens with one attached hydrogen (secondary N) is 1. The summed E-state index contributed by atoms with van der Waals surface area (Å²) in [7, 11) is 0. The lowest BCUT2D eigenvalue weighted by atomic mass is 10.1. The van der Waals surface area contributed by atoms with Crippen LogP contribution in [-0.2, 0) is 11.2 Å². The van der Waals surface area contributed by atoms with Crippen molar-refractivity contribution in [3.63, 3.8) is 0 Å². The Labute approximate surface area is 209 Å². The Morgan fingerprint density at radius 1 is 1.22 bits per heavy atom. The van der Waals surface area contributed by atoms with E-state index in [4.69, 9.17) is 9.15 Å². The monoisotopic (exact) mass is 501 g/mol. The van der Waals surface area contributed by atoms with Gasteiger partial charge in [-0.15, -0.1) is 10.2 Å². The van der Waals surface area contributed by atoms with Crippen molar-refractivity contribution in [3.8, 4) is 23.1 Å². The first-order chi connectivity index (χ1) is 17.5. The third-order valence-corrected chi connectivity index (χ3v) is 5.74. The fraction of sp³-hybridized carbons (Fsp3) is 0.120. The van der Waals surface area contributed by atoms with Gasteiger partial charge in [-0.1, -0.05) is 41.7 Å². The number of nitro groups is 1. The van der Waals surface area contributed by atoms with Crippen molar-refractivity contribution >= 4 is 34.1 Å². The number of amides is 1. The topological polar surface area (TPSA) is 144 Å². The minimum Gasteiger partial charge on any atom is -0.494 e. The maximum absolute atomic E-state index is 12.6. The molecule has 11 heteroatoms. The number of nitriles is 1. The lowest BCUT2D eigenvalue weighted by Crippen LogP contribution is -2.13. The van der Waals surface area contributed by atoms with Gasteiger partial charge in [-0.3, -0.25) is 20.2 Å². The fourth-order valence-corrected chi connectivity index (χ4v) is 4.07. The number of hydrogen-bond donors (Lipinski definition) is 1. The molecule has 1 amide bonds. The molecule has 0 radical (unpaired) electrons. The molecule has 0 fully saturated rings. The second-order valence-corrected chi connectivity index (χ2v) is 8.42. The van der Waals surface area contributed by atoms with Gasteiger partial charge in [0.25, 0.3) is 11.6 Å². The number of aromatic nitrogens is 2.